The molecule has 1 atom stereocenters. The van der Waals surface area contributed by atoms with Crippen LogP contribution in [0.4, 0.5) is 0 Å². The molecule has 146 valence electrons. The van der Waals surface area contributed by atoms with Gasteiger partial charge in [-0.2, -0.15) is 4.31 Å². The van der Waals surface area contributed by atoms with E-state index in [0.29, 0.717) is 19.6 Å². The topological polar surface area (TPSA) is 66.9 Å². The average Bonchev–Trinajstić information content (AvgIpc) is 2.67. The fraction of sp³-hybridized carbons (Fsp3) is 0.316. The lowest BCUT2D eigenvalue weighted by Gasteiger charge is -2.39. The van der Waals surface area contributed by atoms with Crippen LogP contribution in [0.3, 0.4) is 0 Å². The van der Waals surface area contributed by atoms with Crippen LogP contribution in [0, 0.1) is 0 Å². The summed E-state index contributed by atoms with van der Waals surface area (Å²) in [6, 6.07) is 15.4. The summed E-state index contributed by atoms with van der Waals surface area (Å²) in [5.41, 5.74) is 0.985. The van der Waals surface area contributed by atoms with Crippen molar-refractivity contribution in [1.82, 2.24) is 9.21 Å². The number of hydrogen-bond acceptors (Lipinski definition) is 5. The molecule has 3 rings (SSSR count). The van der Waals surface area contributed by atoms with E-state index in [1.807, 2.05) is 37.4 Å². The highest BCUT2D eigenvalue weighted by molar-refractivity contribution is 7.89. The van der Waals surface area contributed by atoms with Crippen molar-refractivity contribution < 1.29 is 17.9 Å². The number of nitrogens with zero attached hydrogens (tertiary/aromatic N) is 2. The predicted octanol–water partition coefficient (Wildman–Crippen LogP) is 2.57. The second kappa shape index (κ2) is 8.84. The lowest BCUT2D eigenvalue weighted by atomic mass is 10.1. The van der Waals surface area contributed by atoms with E-state index in [9.17, 15) is 13.2 Å². The van der Waals surface area contributed by atoms with E-state index >= 15 is 0 Å². The van der Waals surface area contributed by atoms with Crippen molar-refractivity contribution in [2.24, 2.45) is 0 Å². The fourth-order valence-electron chi connectivity index (χ4n) is 3.23. The van der Waals surface area contributed by atoms with Gasteiger partial charge >= 0.3 is 5.97 Å². The molecule has 1 unspecified atom stereocenters. The smallest absolute Gasteiger partial charge is 0.339 e. The number of piperazine rings is 1. The zero-order chi connectivity index (χ0) is 18.7. The normalized spacial score (nSPS) is 18.5. The molecule has 0 spiro atoms. The van der Waals surface area contributed by atoms with Crippen LogP contribution in [0.15, 0.2) is 59.5 Å². The summed E-state index contributed by atoms with van der Waals surface area (Å²) in [6.07, 6.45) is 0. The van der Waals surface area contributed by atoms with E-state index in [1.165, 1.54) is 23.5 Å². The van der Waals surface area contributed by atoms with E-state index in [4.69, 9.17) is 4.74 Å². The molecule has 1 saturated heterocycles. The third-order valence-electron chi connectivity index (χ3n) is 4.60. The number of esters is 1. The number of halogens is 1. The van der Waals surface area contributed by atoms with Gasteiger partial charge in [-0.1, -0.05) is 42.5 Å². The Labute approximate surface area is 166 Å². The first-order valence-corrected chi connectivity index (χ1v) is 9.82. The molecular weight excluding hydrogens is 388 g/mol. The second-order valence-corrected chi connectivity index (χ2v) is 8.15. The zero-order valence-electron chi connectivity index (χ0n) is 15.2. The number of benzene rings is 2. The Morgan fingerprint density at radius 2 is 1.67 bits per heavy atom. The molecule has 0 amide bonds. The molecule has 27 heavy (non-hydrogen) atoms. The van der Waals surface area contributed by atoms with Crippen LogP contribution in [-0.2, 0) is 14.8 Å². The summed E-state index contributed by atoms with van der Waals surface area (Å²) in [5.74, 6) is -0.658. The fourth-order valence-corrected chi connectivity index (χ4v) is 5.01. The monoisotopic (exact) mass is 410 g/mol. The maximum absolute atomic E-state index is 13.4. The molecule has 0 radical (unpaired) electrons. The minimum Gasteiger partial charge on any atom is -0.465 e. The van der Waals surface area contributed by atoms with Crippen molar-refractivity contribution in [3.05, 3.63) is 65.7 Å². The third kappa shape index (κ3) is 4.32. The van der Waals surface area contributed by atoms with Gasteiger partial charge in [-0.3, -0.25) is 0 Å². The number of sulfonamides is 1. The minimum absolute atomic E-state index is 0. The van der Waals surface area contributed by atoms with Gasteiger partial charge in [0, 0.05) is 19.6 Å². The van der Waals surface area contributed by atoms with Gasteiger partial charge in [-0.15, -0.1) is 12.4 Å². The average molecular weight is 411 g/mol. The van der Waals surface area contributed by atoms with Gasteiger partial charge in [-0.05, 0) is 24.7 Å². The van der Waals surface area contributed by atoms with Crippen LogP contribution in [0.2, 0.25) is 0 Å². The summed E-state index contributed by atoms with van der Waals surface area (Å²) >= 11 is 0. The number of ether oxygens (including phenoxy) is 1. The van der Waals surface area contributed by atoms with Crippen molar-refractivity contribution in [2.45, 2.75) is 10.9 Å². The number of carbonyl (C=O) groups is 1. The molecular formula is C19H23ClN2O4S. The first-order valence-electron chi connectivity index (χ1n) is 8.38. The van der Waals surface area contributed by atoms with Gasteiger partial charge < -0.3 is 9.64 Å². The SMILES string of the molecule is COC(=O)c1ccccc1S(=O)(=O)N1CCN(C)CC1c1ccccc1.Cl. The number of likely N-dealkylation sites (N-methyl/N-ethyl adjacent to an activating group) is 1. The van der Waals surface area contributed by atoms with Crippen LogP contribution in [0.1, 0.15) is 22.0 Å². The molecule has 0 bridgehead atoms. The van der Waals surface area contributed by atoms with Gasteiger partial charge in [0.2, 0.25) is 10.0 Å². The maximum Gasteiger partial charge on any atom is 0.339 e. The highest BCUT2D eigenvalue weighted by Gasteiger charge is 2.37. The Morgan fingerprint density at radius 3 is 2.33 bits per heavy atom. The molecule has 8 heteroatoms. The van der Waals surface area contributed by atoms with Gasteiger partial charge in [-0.25, -0.2) is 13.2 Å². The van der Waals surface area contributed by atoms with Crippen molar-refractivity contribution in [2.75, 3.05) is 33.8 Å². The summed E-state index contributed by atoms with van der Waals surface area (Å²) < 4.78 is 33.1. The van der Waals surface area contributed by atoms with E-state index in [-0.39, 0.29) is 28.9 Å². The molecule has 0 aliphatic carbocycles. The largest absolute Gasteiger partial charge is 0.465 e. The third-order valence-corrected chi connectivity index (χ3v) is 6.56. The van der Waals surface area contributed by atoms with E-state index < -0.39 is 16.0 Å². The number of carbonyl (C=O) groups excluding carboxylic acids is 1. The number of hydrogen-bond donors (Lipinski definition) is 0. The molecule has 6 nitrogen and oxygen atoms in total. The van der Waals surface area contributed by atoms with E-state index in [1.54, 1.807) is 12.1 Å². The number of rotatable bonds is 4. The van der Waals surface area contributed by atoms with Crippen molar-refractivity contribution in [3.63, 3.8) is 0 Å². The number of methoxy groups -OCH3 is 1. The second-order valence-electron chi connectivity index (χ2n) is 6.29. The van der Waals surface area contributed by atoms with Crippen LogP contribution >= 0.6 is 12.4 Å². The Balaban J connectivity index is 0.00000261. The molecule has 1 aliphatic heterocycles. The van der Waals surface area contributed by atoms with E-state index in [2.05, 4.69) is 4.90 Å². The van der Waals surface area contributed by atoms with Gasteiger partial charge in [0.15, 0.2) is 0 Å². The Kier molecular flexibility index (Phi) is 7.00. The van der Waals surface area contributed by atoms with Crippen molar-refractivity contribution in [1.29, 1.82) is 0 Å². The Morgan fingerprint density at radius 1 is 1.04 bits per heavy atom. The summed E-state index contributed by atoms with van der Waals surface area (Å²) in [6.45, 7) is 1.57. The first kappa shape index (κ1) is 21.4. The summed E-state index contributed by atoms with van der Waals surface area (Å²) in [7, 11) is -0.644. The zero-order valence-corrected chi connectivity index (χ0v) is 16.9. The molecule has 2 aromatic carbocycles. The molecule has 1 aliphatic rings. The molecule has 0 saturated carbocycles. The molecule has 1 fully saturated rings. The lowest BCUT2D eigenvalue weighted by Crippen LogP contribution is -2.49. The highest BCUT2D eigenvalue weighted by Crippen LogP contribution is 2.32. The van der Waals surface area contributed by atoms with Gasteiger partial charge in [0.1, 0.15) is 0 Å². The van der Waals surface area contributed by atoms with E-state index in [0.717, 1.165) is 5.56 Å². The maximum atomic E-state index is 13.4. The minimum atomic E-state index is -3.86. The Bertz CT molecular complexity index is 890. The predicted molar refractivity (Wildman–Crippen MR) is 106 cm³/mol. The quantitative estimate of drug-likeness (QED) is 0.725. The summed E-state index contributed by atoms with van der Waals surface area (Å²) in [5, 5.41) is 0. The highest BCUT2D eigenvalue weighted by atomic mass is 35.5. The lowest BCUT2D eigenvalue weighted by molar-refractivity contribution is 0.0596. The van der Waals surface area contributed by atoms with Crippen LogP contribution in [-0.4, -0.2) is 57.4 Å². The summed E-state index contributed by atoms with van der Waals surface area (Å²) in [4.78, 5) is 14.1. The van der Waals surface area contributed by atoms with Gasteiger partial charge in [0.05, 0.1) is 23.6 Å². The Hall–Kier alpha value is -1.93. The van der Waals surface area contributed by atoms with Gasteiger partial charge in [0.25, 0.3) is 0 Å². The molecule has 0 N–H and O–H groups in total. The first-order chi connectivity index (χ1) is 12.4. The van der Waals surface area contributed by atoms with Crippen LogP contribution in [0.25, 0.3) is 0 Å². The van der Waals surface area contributed by atoms with Crippen LogP contribution < -0.4 is 0 Å². The van der Waals surface area contributed by atoms with Crippen molar-refractivity contribution in [3.8, 4) is 0 Å². The molecule has 2 aromatic rings. The molecule has 1 heterocycles. The standard InChI is InChI=1S/C19H22N2O4S.ClH/c1-20-12-13-21(17(14-20)15-8-4-3-5-9-15)26(23,24)18-11-7-6-10-16(18)19(22)25-2;/h3-11,17H,12-14H2,1-2H3;1H. The molecule has 0 aromatic heterocycles. The van der Waals surface area contributed by atoms with Crippen molar-refractivity contribution >= 4 is 28.4 Å². The van der Waals surface area contributed by atoms with Crippen LogP contribution in [0.5, 0.6) is 0 Å².